The average Bonchev–Trinajstić information content (AvgIpc) is 2.46. The zero-order valence-electron chi connectivity index (χ0n) is 13.7. The lowest BCUT2D eigenvalue weighted by atomic mass is 10.0. The molecule has 0 aliphatic heterocycles. The van der Waals surface area contributed by atoms with Gasteiger partial charge >= 0.3 is 0 Å². The zero-order valence-corrected chi connectivity index (χ0v) is 16.1. The van der Waals surface area contributed by atoms with Gasteiger partial charge in [0.05, 0.1) is 18.5 Å². The maximum absolute atomic E-state index is 12.4. The highest BCUT2D eigenvalue weighted by Gasteiger charge is 2.20. The highest BCUT2D eigenvalue weighted by atomic mass is 79.9. The quantitative estimate of drug-likeness (QED) is 0.715. The molecule has 0 N–H and O–H groups in total. The molecule has 2 rings (SSSR count). The van der Waals surface area contributed by atoms with Crippen LogP contribution in [-0.4, -0.2) is 14.7 Å². The van der Waals surface area contributed by atoms with Crippen molar-refractivity contribution in [3.63, 3.8) is 0 Å². The Bertz CT molecular complexity index is 755. The molecule has 0 spiro atoms. The van der Waals surface area contributed by atoms with Crippen molar-refractivity contribution in [2.24, 2.45) is 5.92 Å². The second-order valence-corrected chi connectivity index (χ2v) is 8.95. The van der Waals surface area contributed by atoms with Gasteiger partial charge in [-0.05, 0) is 41.7 Å². The molecule has 23 heavy (non-hydrogen) atoms. The largest absolute Gasteiger partial charge is 0.266 e. The van der Waals surface area contributed by atoms with Gasteiger partial charge in [0, 0.05) is 4.47 Å². The molecule has 2 aromatic rings. The van der Waals surface area contributed by atoms with Crippen LogP contribution < -0.4 is 4.31 Å². The molecule has 0 atom stereocenters. The van der Waals surface area contributed by atoms with Crippen molar-refractivity contribution in [1.82, 2.24) is 0 Å². The Morgan fingerprint density at radius 1 is 1.04 bits per heavy atom. The molecule has 0 amide bonds. The molecule has 0 aromatic heterocycles. The average molecular weight is 396 g/mol. The van der Waals surface area contributed by atoms with E-state index in [-0.39, 0.29) is 0 Å². The predicted molar refractivity (Wildman–Crippen MR) is 100 cm³/mol. The summed E-state index contributed by atoms with van der Waals surface area (Å²) in [5.74, 6) is 0.463. The van der Waals surface area contributed by atoms with Crippen LogP contribution in [0.25, 0.3) is 0 Å². The molecule has 5 heteroatoms. The molecule has 0 fully saturated rings. The highest BCUT2D eigenvalue weighted by molar-refractivity contribution is 9.10. The van der Waals surface area contributed by atoms with Gasteiger partial charge < -0.3 is 0 Å². The number of hydrogen-bond acceptors (Lipinski definition) is 2. The maximum atomic E-state index is 12.4. The Morgan fingerprint density at radius 2 is 1.65 bits per heavy atom. The minimum atomic E-state index is -3.36. The molecule has 0 radical (unpaired) electrons. The van der Waals surface area contributed by atoms with E-state index in [1.165, 1.54) is 10.6 Å². The molecule has 2 aromatic carbocycles. The Morgan fingerprint density at radius 3 is 2.22 bits per heavy atom. The van der Waals surface area contributed by atoms with Crippen LogP contribution in [0.4, 0.5) is 5.69 Å². The number of rotatable bonds is 6. The molecule has 0 saturated carbocycles. The van der Waals surface area contributed by atoms with E-state index in [0.29, 0.717) is 12.5 Å². The topological polar surface area (TPSA) is 37.4 Å². The minimum absolute atomic E-state index is 0.335. The predicted octanol–water partition coefficient (Wildman–Crippen LogP) is 4.61. The molecule has 124 valence electrons. The monoisotopic (exact) mass is 395 g/mol. The highest BCUT2D eigenvalue weighted by Crippen LogP contribution is 2.27. The first-order chi connectivity index (χ1) is 10.8. The van der Waals surface area contributed by atoms with Gasteiger partial charge in [-0.3, -0.25) is 4.31 Å². The standard InChI is InChI=1S/C18H22BrNO2S/c1-14(2)12-16-6-4-5-7-18(16)20(23(3,21)22)13-15-8-10-17(19)11-9-15/h4-11,14H,12-13H2,1-3H3. The van der Waals surface area contributed by atoms with E-state index < -0.39 is 10.0 Å². The fourth-order valence-electron chi connectivity index (χ4n) is 2.50. The fourth-order valence-corrected chi connectivity index (χ4v) is 3.69. The number of nitrogens with zero attached hydrogens (tertiary/aromatic N) is 1. The molecular formula is C18H22BrNO2S. The lowest BCUT2D eigenvalue weighted by Crippen LogP contribution is -2.30. The van der Waals surface area contributed by atoms with Crippen molar-refractivity contribution in [2.75, 3.05) is 10.6 Å². The SMILES string of the molecule is CC(C)Cc1ccccc1N(Cc1ccc(Br)cc1)S(C)(=O)=O. The van der Waals surface area contributed by atoms with E-state index in [4.69, 9.17) is 0 Å². The number of sulfonamides is 1. The normalized spacial score (nSPS) is 11.7. The van der Waals surface area contributed by atoms with Gasteiger partial charge in [0.1, 0.15) is 0 Å². The number of halogens is 1. The number of para-hydroxylation sites is 1. The summed E-state index contributed by atoms with van der Waals surface area (Å²) in [5.41, 5.74) is 2.79. The lowest BCUT2D eigenvalue weighted by Gasteiger charge is -2.25. The summed E-state index contributed by atoms with van der Waals surface area (Å²) in [5, 5.41) is 0. The van der Waals surface area contributed by atoms with Crippen molar-refractivity contribution in [3.05, 3.63) is 64.1 Å². The smallest absolute Gasteiger partial charge is 0.232 e. The number of hydrogen-bond donors (Lipinski definition) is 0. The van der Waals surface area contributed by atoms with Crippen LogP contribution >= 0.6 is 15.9 Å². The number of benzene rings is 2. The Hall–Kier alpha value is -1.33. The third kappa shape index (κ3) is 5.08. The molecule has 3 nitrogen and oxygen atoms in total. The van der Waals surface area contributed by atoms with Gasteiger partial charge in [-0.15, -0.1) is 0 Å². The summed E-state index contributed by atoms with van der Waals surface area (Å²) >= 11 is 3.40. The van der Waals surface area contributed by atoms with Crippen molar-refractivity contribution in [1.29, 1.82) is 0 Å². The van der Waals surface area contributed by atoms with Crippen LogP contribution in [0, 0.1) is 5.92 Å². The number of anilines is 1. The summed E-state index contributed by atoms with van der Waals surface area (Å²) in [6, 6.07) is 15.5. The van der Waals surface area contributed by atoms with Crippen molar-refractivity contribution in [3.8, 4) is 0 Å². The third-order valence-electron chi connectivity index (χ3n) is 3.53. The van der Waals surface area contributed by atoms with E-state index in [1.54, 1.807) is 0 Å². The van der Waals surface area contributed by atoms with Gasteiger partial charge in [-0.1, -0.05) is 60.1 Å². The summed E-state index contributed by atoms with van der Waals surface area (Å²) < 4.78 is 27.2. The van der Waals surface area contributed by atoms with Crippen LogP contribution in [0.5, 0.6) is 0 Å². The second kappa shape index (κ2) is 7.49. The van der Waals surface area contributed by atoms with Crippen molar-refractivity contribution in [2.45, 2.75) is 26.8 Å². The van der Waals surface area contributed by atoms with Crippen molar-refractivity contribution >= 4 is 31.6 Å². The molecule has 0 heterocycles. The van der Waals surface area contributed by atoms with Crippen molar-refractivity contribution < 1.29 is 8.42 Å². The summed E-state index contributed by atoms with van der Waals surface area (Å²) in [6.45, 7) is 4.60. The van der Waals surface area contributed by atoms with E-state index in [1.807, 2.05) is 48.5 Å². The van der Waals surface area contributed by atoms with Crippen LogP contribution in [0.2, 0.25) is 0 Å². The molecular weight excluding hydrogens is 374 g/mol. The summed E-state index contributed by atoms with van der Waals surface area (Å²) in [4.78, 5) is 0. The van der Waals surface area contributed by atoms with Gasteiger partial charge in [-0.2, -0.15) is 0 Å². The van der Waals surface area contributed by atoms with E-state index in [2.05, 4.69) is 29.8 Å². The van der Waals surface area contributed by atoms with E-state index in [9.17, 15) is 8.42 Å². The first-order valence-electron chi connectivity index (χ1n) is 7.57. The Kier molecular flexibility index (Phi) is 5.87. The van der Waals surface area contributed by atoms with Crippen LogP contribution in [-0.2, 0) is 23.0 Å². The van der Waals surface area contributed by atoms with E-state index >= 15 is 0 Å². The molecule has 0 aliphatic carbocycles. The minimum Gasteiger partial charge on any atom is -0.266 e. The van der Waals surface area contributed by atoms with E-state index in [0.717, 1.165) is 27.7 Å². The molecule has 0 unspecified atom stereocenters. The van der Waals surface area contributed by atoms with Crippen LogP contribution in [0.1, 0.15) is 25.0 Å². The molecule has 0 saturated heterocycles. The van der Waals surface area contributed by atoms with Gasteiger partial charge in [0.15, 0.2) is 0 Å². The van der Waals surface area contributed by atoms with Crippen LogP contribution in [0.15, 0.2) is 53.0 Å². The third-order valence-corrected chi connectivity index (χ3v) is 5.18. The fraction of sp³-hybridized carbons (Fsp3) is 0.333. The van der Waals surface area contributed by atoms with Gasteiger partial charge in [0.25, 0.3) is 0 Å². The molecule has 0 bridgehead atoms. The van der Waals surface area contributed by atoms with Gasteiger partial charge in [0.2, 0.25) is 10.0 Å². The summed E-state index contributed by atoms with van der Waals surface area (Å²) in [7, 11) is -3.36. The summed E-state index contributed by atoms with van der Waals surface area (Å²) in [6.07, 6.45) is 2.11. The zero-order chi connectivity index (χ0) is 17.0. The first kappa shape index (κ1) is 18.0. The van der Waals surface area contributed by atoms with Crippen LogP contribution in [0.3, 0.4) is 0 Å². The van der Waals surface area contributed by atoms with Gasteiger partial charge in [-0.25, -0.2) is 8.42 Å². The Labute approximate surface area is 147 Å². The second-order valence-electron chi connectivity index (χ2n) is 6.12. The molecule has 0 aliphatic rings. The Balaban J connectivity index is 2.42. The maximum Gasteiger partial charge on any atom is 0.232 e. The lowest BCUT2D eigenvalue weighted by molar-refractivity contribution is 0.595. The first-order valence-corrected chi connectivity index (χ1v) is 10.2.